The van der Waals surface area contributed by atoms with E-state index in [0.29, 0.717) is 5.69 Å². The summed E-state index contributed by atoms with van der Waals surface area (Å²) in [6.45, 7) is 7.36. The molecule has 1 aliphatic rings. The summed E-state index contributed by atoms with van der Waals surface area (Å²) in [6.07, 6.45) is 1.49. The van der Waals surface area contributed by atoms with Crippen LogP contribution >= 0.6 is 0 Å². The SMILES string of the molecule is Cc1ccc(O)c(NC(=O)C2CCN(c3nc(C)cc(C)n3)CC2)c1. The third kappa shape index (κ3) is 4.07. The number of nitrogens with zero attached hydrogens (tertiary/aromatic N) is 3. The summed E-state index contributed by atoms with van der Waals surface area (Å²) < 4.78 is 0. The number of carbonyl (C=O) groups excluding carboxylic acids is 1. The molecule has 1 aliphatic heterocycles. The molecule has 0 bridgehead atoms. The van der Waals surface area contributed by atoms with Crippen LogP contribution in [0.15, 0.2) is 24.3 Å². The number of hydrogen-bond acceptors (Lipinski definition) is 5. The van der Waals surface area contributed by atoms with Crippen LogP contribution in [0.5, 0.6) is 5.75 Å². The number of aromatic nitrogens is 2. The summed E-state index contributed by atoms with van der Waals surface area (Å²) in [6, 6.07) is 7.15. The lowest BCUT2D eigenvalue weighted by Gasteiger charge is -2.31. The molecule has 132 valence electrons. The molecule has 0 aliphatic carbocycles. The minimum absolute atomic E-state index is 0.0399. The average molecular weight is 340 g/mol. The number of aryl methyl sites for hydroxylation is 3. The quantitative estimate of drug-likeness (QED) is 0.840. The molecule has 0 radical (unpaired) electrons. The molecule has 2 heterocycles. The Kier molecular flexibility index (Phi) is 4.88. The summed E-state index contributed by atoms with van der Waals surface area (Å²) in [5.74, 6) is 0.733. The number of benzene rings is 1. The van der Waals surface area contributed by atoms with E-state index in [1.807, 2.05) is 32.9 Å². The third-order valence-electron chi connectivity index (χ3n) is 4.53. The van der Waals surface area contributed by atoms with Crippen LogP contribution in [0, 0.1) is 26.7 Å². The molecule has 3 rings (SSSR count). The van der Waals surface area contributed by atoms with Crippen molar-refractivity contribution in [2.75, 3.05) is 23.3 Å². The van der Waals surface area contributed by atoms with Gasteiger partial charge in [0.1, 0.15) is 5.75 Å². The van der Waals surface area contributed by atoms with Crippen LogP contribution in [-0.4, -0.2) is 34.1 Å². The van der Waals surface area contributed by atoms with Gasteiger partial charge >= 0.3 is 0 Å². The fourth-order valence-electron chi connectivity index (χ4n) is 3.18. The summed E-state index contributed by atoms with van der Waals surface area (Å²) in [5, 5.41) is 12.7. The highest BCUT2D eigenvalue weighted by atomic mass is 16.3. The number of anilines is 2. The minimum Gasteiger partial charge on any atom is -0.506 e. The maximum absolute atomic E-state index is 12.5. The molecule has 0 spiro atoms. The zero-order chi connectivity index (χ0) is 18.0. The highest BCUT2D eigenvalue weighted by Crippen LogP contribution is 2.27. The Labute approximate surface area is 147 Å². The largest absolute Gasteiger partial charge is 0.506 e. The number of phenolic OH excluding ortho intramolecular Hbond substituents is 1. The Bertz CT molecular complexity index is 763. The fourth-order valence-corrected chi connectivity index (χ4v) is 3.18. The van der Waals surface area contributed by atoms with Crippen LogP contribution < -0.4 is 10.2 Å². The van der Waals surface area contributed by atoms with Crippen LogP contribution in [0.3, 0.4) is 0 Å². The molecule has 6 nitrogen and oxygen atoms in total. The van der Waals surface area contributed by atoms with E-state index in [1.165, 1.54) is 0 Å². The summed E-state index contributed by atoms with van der Waals surface area (Å²) >= 11 is 0. The van der Waals surface area contributed by atoms with E-state index < -0.39 is 0 Å². The zero-order valence-electron chi connectivity index (χ0n) is 14.9. The van der Waals surface area contributed by atoms with Crippen LogP contribution in [0.2, 0.25) is 0 Å². The van der Waals surface area contributed by atoms with E-state index in [0.717, 1.165) is 48.8 Å². The Hall–Kier alpha value is -2.63. The summed E-state index contributed by atoms with van der Waals surface area (Å²) in [7, 11) is 0. The van der Waals surface area contributed by atoms with Gasteiger partial charge in [0, 0.05) is 30.4 Å². The van der Waals surface area contributed by atoms with Gasteiger partial charge in [-0.3, -0.25) is 4.79 Å². The number of carbonyl (C=O) groups is 1. The smallest absolute Gasteiger partial charge is 0.227 e. The normalized spacial score (nSPS) is 15.2. The van der Waals surface area contributed by atoms with Crippen molar-refractivity contribution in [2.45, 2.75) is 33.6 Å². The first kappa shape index (κ1) is 17.2. The van der Waals surface area contributed by atoms with Gasteiger partial charge in [0.2, 0.25) is 11.9 Å². The van der Waals surface area contributed by atoms with E-state index in [9.17, 15) is 9.90 Å². The van der Waals surface area contributed by atoms with Gasteiger partial charge in [0.15, 0.2) is 0 Å². The minimum atomic E-state index is -0.0675. The highest BCUT2D eigenvalue weighted by molar-refractivity contribution is 5.94. The molecule has 6 heteroatoms. The van der Waals surface area contributed by atoms with Crippen molar-refractivity contribution >= 4 is 17.5 Å². The number of hydrogen-bond donors (Lipinski definition) is 2. The molecule has 1 saturated heterocycles. The predicted molar refractivity (Wildman–Crippen MR) is 97.9 cm³/mol. The topological polar surface area (TPSA) is 78.4 Å². The maximum Gasteiger partial charge on any atom is 0.227 e. The second kappa shape index (κ2) is 7.09. The molecule has 1 fully saturated rings. The lowest BCUT2D eigenvalue weighted by Crippen LogP contribution is -2.39. The van der Waals surface area contributed by atoms with Gasteiger partial charge in [-0.25, -0.2) is 9.97 Å². The van der Waals surface area contributed by atoms with Crippen LogP contribution in [0.1, 0.15) is 29.8 Å². The van der Waals surface area contributed by atoms with Crippen molar-refractivity contribution in [1.82, 2.24) is 9.97 Å². The van der Waals surface area contributed by atoms with E-state index in [4.69, 9.17) is 0 Å². The van der Waals surface area contributed by atoms with Gasteiger partial charge in [0.05, 0.1) is 5.69 Å². The molecule has 0 saturated carbocycles. The van der Waals surface area contributed by atoms with Crippen molar-refractivity contribution in [1.29, 1.82) is 0 Å². The van der Waals surface area contributed by atoms with Crippen LogP contribution in [-0.2, 0) is 4.79 Å². The standard InChI is InChI=1S/C19H24N4O2/c1-12-4-5-17(24)16(10-12)22-18(25)15-6-8-23(9-7-15)19-20-13(2)11-14(3)21-19/h4-5,10-11,15,24H,6-9H2,1-3H3,(H,22,25). The lowest BCUT2D eigenvalue weighted by molar-refractivity contribution is -0.120. The zero-order valence-corrected chi connectivity index (χ0v) is 14.9. The van der Waals surface area contributed by atoms with Crippen molar-refractivity contribution in [2.24, 2.45) is 5.92 Å². The van der Waals surface area contributed by atoms with Gasteiger partial charge in [0.25, 0.3) is 0 Å². The Morgan fingerprint density at radius 2 is 1.76 bits per heavy atom. The first-order valence-corrected chi connectivity index (χ1v) is 8.60. The van der Waals surface area contributed by atoms with Crippen molar-refractivity contribution in [3.63, 3.8) is 0 Å². The molecule has 2 aromatic rings. The average Bonchev–Trinajstić information content (AvgIpc) is 2.57. The van der Waals surface area contributed by atoms with Gasteiger partial charge < -0.3 is 15.3 Å². The fraction of sp³-hybridized carbons (Fsp3) is 0.421. The van der Waals surface area contributed by atoms with Crippen molar-refractivity contribution in [3.05, 3.63) is 41.2 Å². The monoisotopic (exact) mass is 340 g/mol. The van der Waals surface area contributed by atoms with Crippen molar-refractivity contribution < 1.29 is 9.90 Å². The molecule has 1 aromatic heterocycles. The Morgan fingerprint density at radius 1 is 1.12 bits per heavy atom. The number of aromatic hydroxyl groups is 1. The van der Waals surface area contributed by atoms with Crippen molar-refractivity contribution in [3.8, 4) is 5.75 Å². The Balaban J connectivity index is 1.61. The van der Waals surface area contributed by atoms with E-state index in [1.54, 1.807) is 12.1 Å². The lowest BCUT2D eigenvalue weighted by atomic mass is 9.96. The molecular weight excluding hydrogens is 316 g/mol. The van der Waals surface area contributed by atoms with Gasteiger partial charge in [-0.05, 0) is 57.4 Å². The van der Waals surface area contributed by atoms with E-state index in [-0.39, 0.29) is 17.6 Å². The highest BCUT2D eigenvalue weighted by Gasteiger charge is 2.26. The van der Waals surface area contributed by atoms with E-state index >= 15 is 0 Å². The molecule has 0 unspecified atom stereocenters. The second-order valence-corrected chi connectivity index (χ2v) is 6.72. The summed E-state index contributed by atoms with van der Waals surface area (Å²) in [4.78, 5) is 23.6. The first-order valence-electron chi connectivity index (χ1n) is 8.60. The molecule has 0 atom stereocenters. The van der Waals surface area contributed by atoms with Crippen LogP contribution in [0.25, 0.3) is 0 Å². The number of phenols is 1. The number of nitrogens with one attached hydrogen (secondary N) is 1. The van der Waals surface area contributed by atoms with Gasteiger partial charge in [-0.2, -0.15) is 0 Å². The molecule has 1 amide bonds. The van der Waals surface area contributed by atoms with E-state index in [2.05, 4.69) is 20.2 Å². The van der Waals surface area contributed by atoms with Gasteiger partial charge in [-0.15, -0.1) is 0 Å². The number of piperidine rings is 1. The van der Waals surface area contributed by atoms with Crippen LogP contribution in [0.4, 0.5) is 11.6 Å². The Morgan fingerprint density at radius 3 is 2.40 bits per heavy atom. The molecular formula is C19H24N4O2. The summed E-state index contributed by atoms with van der Waals surface area (Å²) in [5.41, 5.74) is 3.38. The predicted octanol–water partition coefficient (Wildman–Crippen LogP) is 2.96. The maximum atomic E-state index is 12.5. The second-order valence-electron chi connectivity index (χ2n) is 6.72. The number of rotatable bonds is 3. The van der Waals surface area contributed by atoms with Gasteiger partial charge in [-0.1, -0.05) is 6.07 Å². The molecule has 25 heavy (non-hydrogen) atoms. The third-order valence-corrected chi connectivity index (χ3v) is 4.53. The molecule has 1 aromatic carbocycles. The molecule has 2 N–H and O–H groups in total. The first-order chi connectivity index (χ1) is 11.9. The number of amides is 1.